The average Bonchev–Trinajstić information content (AvgIpc) is 2.34. The Morgan fingerprint density at radius 3 is 1.76 bits per heavy atom. The molecule has 0 aliphatic carbocycles. The summed E-state index contributed by atoms with van der Waals surface area (Å²) in [4.78, 5) is 2.16. The maximum Gasteiger partial charge on any atom is 0.321 e. The van der Waals surface area contributed by atoms with Crippen molar-refractivity contribution in [2.45, 2.75) is 46.2 Å². The maximum absolute atomic E-state index is 2.32. The van der Waals surface area contributed by atoms with Crippen molar-refractivity contribution in [3.05, 3.63) is 0 Å². The van der Waals surface area contributed by atoms with E-state index in [9.17, 15) is 0 Å². The van der Waals surface area contributed by atoms with Crippen LogP contribution in [0.15, 0.2) is 0 Å². The fourth-order valence-electron chi connectivity index (χ4n) is 1.86. The first-order valence-corrected chi connectivity index (χ1v) is 8.83. The molecule has 0 aliphatic rings. The van der Waals surface area contributed by atoms with Crippen LogP contribution in [0.2, 0.25) is 0 Å². The van der Waals surface area contributed by atoms with Gasteiger partial charge in [-0.1, -0.05) is 0 Å². The van der Waals surface area contributed by atoms with Crippen LogP contribution in [0.5, 0.6) is 0 Å². The largest absolute Gasteiger partial charge is 0.348 e. The molecule has 0 atom stereocenters. The smallest absolute Gasteiger partial charge is 0.321 e. The normalized spacial score (nSPS) is 14.4. The second-order valence-corrected chi connectivity index (χ2v) is 9.29. The fourth-order valence-corrected chi connectivity index (χ4v) is 3.20. The lowest BCUT2D eigenvalue weighted by atomic mass is 10.1. The quantitative estimate of drug-likeness (QED) is 0.463. The van der Waals surface area contributed by atoms with Gasteiger partial charge in [0.15, 0.2) is 9.84 Å². The SMILES string of the molecule is CC(C)N(C)N(C)N(C)[SiH2]N(C)[B]N(C)N(C)C(C)(C)C. The van der Waals surface area contributed by atoms with Crippen molar-refractivity contribution in [1.29, 1.82) is 0 Å². The van der Waals surface area contributed by atoms with Crippen molar-refractivity contribution in [2.75, 3.05) is 42.3 Å². The molecule has 0 N–H and O–H groups in total. The second kappa shape index (κ2) is 8.62. The molecule has 0 saturated carbocycles. The van der Waals surface area contributed by atoms with Crippen molar-refractivity contribution in [3.63, 3.8) is 0 Å². The summed E-state index contributed by atoms with van der Waals surface area (Å²) in [7, 11) is 14.4. The topological polar surface area (TPSA) is 19.4 Å². The summed E-state index contributed by atoms with van der Waals surface area (Å²) in [5.41, 5.74) is 0.119. The van der Waals surface area contributed by atoms with E-state index in [1.807, 2.05) is 0 Å². The molecule has 0 heterocycles. The van der Waals surface area contributed by atoms with Crippen LogP contribution in [0.4, 0.5) is 0 Å². The van der Waals surface area contributed by atoms with Crippen LogP contribution in [0.1, 0.15) is 34.6 Å². The Kier molecular flexibility index (Phi) is 8.63. The maximum atomic E-state index is 2.32. The van der Waals surface area contributed by atoms with E-state index in [4.69, 9.17) is 0 Å². The standard InChI is InChI=1S/C13H36BN6Si/c1-12(2)15(6)19(10)20(11)21-18(9)14-17(8)16(7)13(3,4)5/h12H,21H2,1-11H3. The van der Waals surface area contributed by atoms with E-state index in [0.29, 0.717) is 6.04 Å². The van der Waals surface area contributed by atoms with Gasteiger partial charge in [0.25, 0.3) is 0 Å². The summed E-state index contributed by atoms with van der Waals surface area (Å²) in [6.45, 7) is 11.0. The van der Waals surface area contributed by atoms with E-state index < -0.39 is 9.84 Å². The first-order valence-electron chi connectivity index (χ1n) is 7.57. The molecule has 0 saturated heterocycles. The molecule has 0 aliphatic heterocycles. The predicted octanol–water partition coefficient (Wildman–Crippen LogP) is 0.0621. The lowest BCUT2D eigenvalue weighted by Crippen LogP contribution is -2.58. The molecule has 21 heavy (non-hydrogen) atoms. The third-order valence-corrected chi connectivity index (χ3v) is 5.36. The predicted molar refractivity (Wildman–Crippen MR) is 95.8 cm³/mol. The van der Waals surface area contributed by atoms with E-state index in [-0.39, 0.29) is 5.54 Å². The van der Waals surface area contributed by atoms with E-state index in [0.717, 1.165) is 0 Å². The number of hydrogen-bond acceptors (Lipinski definition) is 6. The van der Waals surface area contributed by atoms with Crippen molar-refractivity contribution in [3.8, 4) is 0 Å². The van der Waals surface area contributed by atoms with Crippen molar-refractivity contribution < 1.29 is 0 Å². The van der Waals surface area contributed by atoms with E-state index in [2.05, 4.69) is 114 Å². The molecule has 0 unspecified atom stereocenters. The Labute approximate surface area is 135 Å². The summed E-state index contributed by atoms with van der Waals surface area (Å²) < 4.78 is 4.63. The molecule has 0 aromatic heterocycles. The highest BCUT2D eigenvalue weighted by Gasteiger charge is 2.23. The minimum Gasteiger partial charge on any atom is -0.348 e. The molecular weight excluding hydrogens is 279 g/mol. The molecule has 0 aromatic rings. The van der Waals surface area contributed by atoms with Gasteiger partial charge < -0.3 is 4.48 Å². The van der Waals surface area contributed by atoms with Gasteiger partial charge in [0, 0.05) is 32.7 Å². The van der Waals surface area contributed by atoms with Crippen LogP contribution in [-0.4, -0.2) is 100 Å². The van der Waals surface area contributed by atoms with Crippen LogP contribution < -0.4 is 0 Å². The van der Waals surface area contributed by atoms with Gasteiger partial charge in [-0.25, -0.2) is 14.7 Å². The number of nitrogens with zero attached hydrogens (tertiary/aromatic N) is 6. The molecule has 0 amide bonds. The van der Waals surface area contributed by atoms with Crippen LogP contribution >= 0.6 is 0 Å². The summed E-state index contributed by atoms with van der Waals surface area (Å²) in [6, 6.07) is 0.496. The van der Waals surface area contributed by atoms with Gasteiger partial charge in [0.05, 0.1) is 0 Å². The summed E-state index contributed by atoms with van der Waals surface area (Å²) in [6.07, 6.45) is 0. The lowest BCUT2D eigenvalue weighted by molar-refractivity contribution is -0.111. The number of hydrazine groups is 3. The van der Waals surface area contributed by atoms with E-state index in [1.165, 1.54) is 0 Å². The van der Waals surface area contributed by atoms with E-state index in [1.54, 1.807) is 0 Å². The Balaban J connectivity index is 4.40. The van der Waals surface area contributed by atoms with Gasteiger partial charge in [-0.05, 0) is 55.8 Å². The first-order chi connectivity index (χ1) is 9.37. The van der Waals surface area contributed by atoms with Crippen LogP contribution in [-0.2, 0) is 0 Å². The summed E-state index contributed by atoms with van der Waals surface area (Å²) in [5, 5.41) is 6.68. The molecule has 0 spiro atoms. The third kappa shape index (κ3) is 7.23. The van der Waals surface area contributed by atoms with Gasteiger partial charge in [-0.2, -0.15) is 5.12 Å². The molecule has 8 heteroatoms. The summed E-state index contributed by atoms with van der Waals surface area (Å²) in [5.74, 6) is 0. The highest BCUT2D eigenvalue weighted by molar-refractivity contribution is 6.46. The van der Waals surface area contributed by atoms with Gasteiger partial charge >= 0.3 is 7.55 Å². The Morgan fingerprint density at radius 1 is 0.905 bits per heavy atom. The number of hydrogen-bond donors (Lipinski definition) is 0. The van der Waals surface area contributed by atoms with E-state index >= 15 is 0 Å². The highest BCUT2D eigenvalue weighted by Crippen LogP contribution is 2.11. The fraction of sp³-hybridized carbons (Fsp3) is 1.00. The Hall–Kier alpha value is 0.0418. The monoisotopic (exact) mass is 315 g/mol. The summed E-state index contributed by atoms with van der Waals surface area (Å²) >= 11 is 0. The van der Waals surface area contributed by atoms with Crippen molar-refractivity contribution in [2.24, 2.45) is 0 Å². The average molecular weight is 315 g/mol. The molecule has 0 bridgehead atoms. The van der Waals surface area contributed by atoms with Crippen LogP contribution in [0.3, 0.4) is 0 Å². The molecule has 6 nitrogen and oxygen atoms in total. The zero-order valence-corrected chi connectivity index (χ0v) is 17.5. The van der Waals surface area contributed by atoms with Crippen LogP contribution in [0.25, 0.3) is 0 Å². The van der Waals surface area contributed by atoms with Gasteiger partial charge in [0.1, 0.15) is 0 Å². The highest BCUT2D eigenvalue weighted by atomic mass is 28.2. The van der Waals surface area contributed by atoms with Crippen molar-refractivity contribution >= 4 is 17.4 Å². The minimum absolute atomic E-state index is 0.119. The van der Waals surface area contributed by atoms with Crippen molar-refractivity contribution in [1.82, 2.24) is 29.2 Å². The second-order valence-electron chi connectivity index (χ2n) is 7.10. The zero-order valence-electron chi connectivity index (χ0n) is 16.0. The lowest BCUT2D eigenvalue weighted by Gasteiger charge is -2.42. The minimum atomic E-state index is -0.554. The first kappa shape index (κ1) is 21.0. The molecular formula is C13H36BN6Si. The van der Waals surface area contributed by atoms with Gasteiger partial charge in [-0.3, -0.25) is 4.92 Å². The third-order valence-electron chi connectivity index (χ3n) is 3.93. The molecule has 125 valence electrons. The van der Waals surface area contributed by atoms with Crippen LogP contribution in [0, 0.1) is 0 Å². The Bertz CT molecular complexity index is 299. The van der Waals surface area contributed by atoms with Gasteiger partial charge in [-0.15, -0.1) is 0 Å². The molecule has 0 rings (SSSR count). The Morgan fingerprint density at radius 2 is 1.38 bits per heavy atom. The zero-order chi connectivity index (χ0) is 17.0. The molecule has 0 aromatic carbocycles. The molecule has 0 fully saturated rings. The molecule has 1 radical (unpaired) electrons. The number of rotatable bonds is 8. The van der Waals surface area contributed by atoms with Gasteiger partial charge in [0.2, 0.25) is 0 Å².